The molecule has 0 saturated carbocycles. The highest BCUT2D eigenvalue weighted by Crippen LogP contribution is 2.31. The van der Waals surface area contributed by atoms with Gasteiger partial charge in [-0.3, -0.25) is 9.59 Å². The summed E-state index contributed by atoms with van der Waals surface area (Å²) < 4.78 is 9.48. The maximum Gasteiger partial charge on any atom is 0.229 e. The van der Waals surface area contributed by atoms with Crippen LogP contribution in [0.25, 0.3) is 0 Å². The largest absolute Gasteiger partial charge is 0.493 e. The Balaban J connectivity index is 2.32. The summed E-state index contributed by atoms with van der Waals surface area (Å²) in [5.41, 5.74) is 0. The number of carbonyl (C=O) groups excluding carboxylic acids is 2. The predicted molar refractivity (Wildman–Crippen MR) is 33.8 cm³/mol. The van der Waals surface area contributed by atoms with E-state index in [-0.39, 0.29) is 17.3 Å². The van der Waals surface area contributed by atoms with Crippen molar-refractivity contribution in [1.82, 2.24) is 0 Å². The Morgan fingerprint density at radius 1 is 1.45 bits per heavy atom. The highest BCUT2D eigenvalue weighted by atomic mass is 16.6. The molecule has 4 nitrogen and oxygen atoms in total. The number of methoxy groups -OCH3 is 1. The topological polar surface area (TPSA) is 55.9 Å². The molecule has 0 aromatic heterocycles. The van der Waals surface area contributed by atoms with E-state index in [1.807, 2.05) is 0 Å². The molecule has 4 heteroatoms. The van der Waals surface area contributed by atoms with Gasteiger partial charge in [-0.05, 0) is 0 Å². The first-order chi connectivity index (χ1) is 5.24. The third kappa shape index (κ3) is 0.793. The monoisotopic (exact) mass is 154 g/mol. The zero-order valence-electron chi connectivity index (χ0n) is 5.87. The van der Waals surface area contributed by atoms with Crippen LogP contribution in [0.3, 0.4) is 0 Å². The molecular weight excluding hydrogens is 148 g/mol. The lowest BCUT2D eigenvalue weighted by Crippen LogP contribution is -2.23. The summed E-state index contributed by atoms with van der Waals surface area (Å²) in [5.74, 6) is -0.294. The molecule has 0 radical (unpaired) electrons. The lowest BCUT2D eigenvalue weighted by Gasteiger charge is -2.04. The number of rotatable bonds is 1. The molecule has 1 fully saturated rings. The molecule has 2 aliphatic rings. The van der Waals surface area contributed by atoms with Gasteiger partial charge in [0.15, 0.2) is 23.8 Å². The maximum absolute atomic E-state index is 11.1. The Bertz CT molecular complexity index is 266. The van der Waals surface area contributed by atoms with Gasteiger partial charge in [0, 0.05) is 6.08 Å². The van der Waals surface area contributed by atoms with Crippen molar-refractivity contribution in [3.05, 3.63) is 11.8 Å². The Labute approximate surface area is 62.8 Å². The van der Waals surface area contributed by atoms with E-state index in [0.29, 0.717) is 0 Å². The molecular formula is C7H6O4. The molecule has 1 heterocycles. The minimum atomic E-state index is -0.553. The Morgan fingerprint density at radius 2 is 2.18 bits per heavy atom. The standard InChI is InChI=1S/C7H6O4/c1-10-4-2-3(8)6-7(11-6)5(4)9/h2,6-7H,1H3/t6-,7+/m1/s1. The van der Waals surface area contributed by atoms with Gasteiger partial charge in [0.25, 0.3) is 0 Å². The smallest absolute Gasteiger partial charge is 0.229 e. The summed E-state index contributed by atoms with van der Waals surface area (Å²) in [6.07, 6.45) is 0.125. The minimum absolute atomic E-state index is 0.105. The van der Waals surface area contributed by atoms with Gasteiger partial charge in [0.1, 0.15) is 0 Å². The van der Waals surface area contributed by atoms with E-state index in [2.05, 4.69) is 4.74 Å². The fourth-order valence-electron chi connectivity index (χ4n) is 1.11. The van der Waals surface area contributed by atoms with Crippen LogP contribution in [0.2, 0.25) is 0 Å². The van der Waals surface area contributed by atoms with Crippen LogP contribution in [-0.4, -0.2) is 30.9 Å². The van der Waals surface area contributed by atoms with Gasteiger partial charge in [0.2, 0.25) is 5.78 Å². The number of hydrogen-bond acceptors (Lipinski definition) is 4. The van der Waals surface area contributed by atoms with Gasteiger partial charge in [0.05, 0.1) is 7.11 Å². The zero-order chi connectivity index (χ0) is 8.01. The van der Waals surface area contributed by atoms with Gasteiger partial charge in [-0.1, -0.05) is 0 Å². The quantitative estimate of drug-likeness (QED) is 0.475. The fourth-order valence-corrected chi connectivity index (χ4v) is 1.11. The van der Waals surface area contributed by atoms with Crippen molar-refractivity contribution in [2.45, 2.75) is 12.2 Å². The lowest BCUT2D eigenvalue weighted by atomic mass is 10.0. The van der Waals surface area contributed by atoms with Crippen molar-refractivity contribution in [2.75, 3.05) is 7.11 Å². The molecule has 1 aliphatic carbocycles. The number of fused-ring (bicyclic) bond motifs is 1. The van der Waals surface area contributed by atoms with Crippen molar-refractivity contribution in [3.8, 4) is 0 Å². The summed E-state index contributed by atoms with van der Waals surface area (Å²) in [7, 11) is 1.36. The van der Waals surface area contributed by atoms with E-state index in [4.69, 9.17) is 4.74 Å². The zero-order valence-corrected chi connectivity index (χ0v) is 5.87. The molecule has 0 bridgehead atoms. The van der Waals surface area contributed by atoms with Crippen molar-refractivity contribution in [3.63, 3.8) is 0 Å². The molecule has 0 aromatic rings. The second kappa shape index (κ2) is 1.92. The Kier molecular flexibility index (Phi) is 1.14. The molecule has 0 amide bonds. The summed E-state index contributed by atoms with van der Waals surface area (Å²) in [4.78, 5) is 22.0. The molecule has 0 unspecified atom stereocenters. The average Bonchev–Trinajstić information content (AvgIpc) is 2.75. The van der Waals surface area contributed by atoms with Crippen LogP contribution in [-0.2, 0) is 19.1 Å². The van der Waals surface area contributed by atoms with E-state index in [1.54, 1.807) is 0 Å². The van der Waals surface area contributed by atoms with E-state index < -0.39 is 12.2 Å². The van der Waals surface area contributed by atoms with Crippen molar-refractivity contribution < 1.29 is 19.1 Å². The van der Waals surface area contributed by atoms with Gasteiger partial charge in [-0.25, -0.2) is 0 Å². The SMILES string of the molecule is COC1=CC(=O)[C@H]2O[C@H]2C1=O. The molecule has 1 saturated heterocycles. The molecule has 11 heavy (non-hydrogen) atoms. The number of carbonyl (C=O) groups is 2. The van der Waals surface area contributed by atoms with Crippen molar-refractivity contribution in [2.24, 2.45) is 0 Å². The normalized spacial score (nSPS) is 34.5. The van der Waals surface area contributed by atoms with Crippen LogP contribution in [0.4, 0.5) is 0 Å². The van der Waals surface area contributed by atoms with Crippen LogP contribution >= 0.6 is 0 Å². The molecule has 1 aliphatic heterocycles. The number of ether oxygens (including phenoxy) is 2. The minimum Gasteiger partial charge on any atom is -0.493 e. The third-order valence-electron chi connectivity index (χ3n) is 1.77. The van der Waals surface area contributed by atoms with Crippen molar-refractivity contribution >= 4 is 11.6 Å². The molecule has 2 atom stereocenters. The summed E-state index contributed by atoms with van der Waals surface area (Å²) in [6, 6.07) is 0. The highest BCUT2D eigenvalue weighted by molar-refractivity contribution is 6.14. The summed E-state index contributed by atoms with van der Waals surface area (Å²) >= 11 is 0. The number of hydrogen-bond donors (Lipinski definition) is 0. The van der Waals surface area contributed by atoms with Crippen LogP contribution in [0.1, 0.15) is 0 Å². The van der Waals surface area contributed by atoms with Gasteiger partial charge in [-0.15, -0.1) is 0 Å². The van der Waals surface area contributed by atoms with Crippen LogP contribution in [0, 0.1) is 0 Å². The van der Waals surface area contributed by atoms with E-state index in [0.717, 1.165) is 0 Å². The first-order valence-electron chi connectivity index (χ1n) is 3.23. The van der Waals surface area contributed by atoms with E-state index >= 15 is 0 Å². The second-order valence-electron chi connectivity index (χ2n) is 2.46. The average molecular weight is 154 g/mol. The summed E-state index contributed by atoms with van der Waals surface area (Å²) in [6.45, 7) is 0. The first kappa shape index (κ1) is 6.54. The van der Waals surface area contributed by atoms with Gasteiger partial charge >= 0.3 is 0 Å². The molecule has 0 spiro atoms. The molecule has 58 valence electrons. The van der Waals surface area contributed by atoms with Gasteiger partial charge in [-0.2, -0.15) is 0 Å². The lowest BCUT2D eigenvalue weighted by molar-refractivity contribution is -0.122. The van der Waals surface area contributed by atoms with Crippen LogP contribution in [0.5, 0.6) is 0 Å². The molecule has 0 aromatic carbocycles. The number of epoxide rings is 1. The Morgan fingerprint density at radius 3 is 2.82 bits per heavy atom. The maximum atomic E-state index is 11.1. The fraction of sp³-hybridized carbons (Fsp3) is 0.429. The molecule has 0 N–H and O–H groups in total. The Hall–Kier alpha value is -1.16. The predicted octanol–water partition coefficient (Wildman–Crippen LogP) is -0.564. The van der Waals surface area contributed by atoms with Crippen LogP contribution < -0.4 is 0 Å². The summed E-state index contributed by atoms with van der Waals surface area (Å²) in [5, 5.41) is 0. The first-order valence-corrected chi connectivity index (χ1v) is 3.23. The third-order valence-corrected chi connectivity index (χ3v) is 1.77. The van der Waals surface area contributed by atoms with Crippen molar-refractivity contribution in [1.29, 1.82) is 0 Å². The number of Topliss-reactive ketones (excluding diaryl/α,β-unsaturated/α-hetero) is 1. The van der Waals surface area contributed by atoms with E-state index in [9.17, 15) is 9.59 Å². The van der Waals surface area contributed by atoms with Crippen LogP contribution in [0.15, 0.2) is 11.8 Å². The second-order valence-corrected chi connectivity index (χ2v) is 2.46. The highest BCUT2D eigenvalue weighted by Gasteiger charge is 2.53. The van der Waals surface area contributed by atoms with Gasteiger partial charge < -0.3 is 9.47 Å². The van der Waals surface area contributed by atoms with E-state index in [1.165, 1.54) is 13.2 Å². The molecule has 2 rings (SSSR count). The number of ketones is 2.